The quantitative estimate of drug-likeness (QED) is 0.333. The Hall–Kier alpha value is -0.460. The van der Waals surface area contributed by atoms with E-state index in [4.69, 9.17) is 14.6 Å². The monoisotopic (exact) mass is 344 g/mol. The normalized spacial score (nSPS) is 25.6. The second-order valence-electron chi connectivity index (χ2n) is 6.62. The maximum Gasteiger partial charge on any atom is 0.114 e. The minimum Gasteiger partial charge on any atom is -0.394 e. The first-order valence-corrected chi connectivity index (χ1v) is 9.55. The molecular weight excluding hydrogens is 308 g/mol. The highest BCUT2D eigenvalue weighted by atomic mass is 16.6. The van der Waals surface area contributed by atoms with Crippen LogP contribution in [0.5, 0.6) is 0 Å². The van der Waals surface area contributed by atoms with Crippen LogP contribution in [0, 0.1) is 0 Å². The lowest BCUT2D eigenvalue weighted by atomic mass is 10.1. The second kappa shape index (κ2) is 13.8. The lowest BCUT2D eigenvalue weighted by molar-refractivity contribution is -0.0730. The summed E-state index contributed by atoms with van der Waals surface area (Å²) < 4.78 is 10.9. The van der Waals surface area contributed by atoms with Crippen LogP contribution in [0.25, 0.3) is 0 Å². The van der Waals surface area contributed by atoms with Crippen LogP contribution in [-0.2, 0) is 9.47 Å². The largest absolute Gasteiger partial charge is 0.394 e. The highest BCUT2D eigenvalue weighted by molar-refractivity contribution is 4.88. The van der Waals surface area contributed by atoms with Gasteiger partial charge in [0.25, 0.3) is 0 Å². The Morgan fingerprint density at radius 3 is 2.38 bits per heavy atom. The van der Waals surface area contributed by atoms with E-state index in [0.717, 1.165) is 25.7 Å². The Morgan fingerprint density at radius 2 is 1.75 bits per heavy atom. The fourth-order valence-corrected chi connectivity index (χ4v) is 2.90. The lowest BCUT2D eigenvalue weighted by Crippen LogP contribution is -2.41. The van der Waals surface area contributed by atoms with E-state index in [-0.39, 0.29) is 6.61 Å². The van der Waals surface area contributed by atoms with Gasteiger partial charge in [-0.05, 0) is 32.1 Å². The van der Waals surface area contributed by atoms with Gasteiger partial charge < -0.3 is 24.8 Å². The summed E-state index contributed by atoms with van der Waals surface area (Å²) in [6.45, 7) is 2.68. The van der Waals surface area contributed by atoms with Gasteiger partial charge in [0.15, 0.2) is 0 Å². The Kier molecular flexibility index (Phi) is 12.4. The van der Waals surface area contributed by atoms with Crippen LogP contribution >= 0.6 is 0 Å². The fourth-order valence-electron chi connectivity index (χ4n) is 2.90. The molecule has 0 unspecified atom stereocenters. The van der Waals surface area contributed by atoms with Gasteiger partial charge in [-0.25, -0.2) is 0 Å². The molecule has 0 saturated carbocycles. The molecule has 142 valence electrons. The summed E-state index contributed by atoms with van der Waals surface area (Å²) in [6, 6.07) is 0. The highest BCUT2D eigenvalue weighted by Crippen LogP contribution is 2.20. The van der Waals surface area contributed by atoms with E-state index in [0.29, 0.717) is 6.61 Å². The molecule has 1 fully saturated rings. The standard InChI is InChI=1S/C19H36O5/c1-2-3-4-5-6-7-8-9-10-11-12-13-23-17-15-24-19(18(17)22)16(21)14-20/h7-8,16-22H,2-6,9-15H2,1H3/b8-7+/t16-,17+,18+,19+/m0/s1. The maximum absolute atomic E-state index is 10.00. The minimum absolute atomic E-state index is 0.268. The summed E-state index contributed by atoms with van der Waals surface area (Å²) in [6.07, 6.45) is 12.3. The van der Waals surface area contributed by atoms with E-state index in [9.17, 15) is 10.2 Å². The van der Waals surface area contributed by atoms with Crippen molar-refractivity contribution in [2.24, 2.45) is 0 Å². The zero-order valence-electron chi connectivity index (χ0n) is 15.1. The van der Waals surface area contributed by atoms with Gasteiger partial charge in [-0.1, -0.05) is 44.8 Å². The third-order valence-corrected chi connectivity index (χ3v) is 4.47. The van der Waals surface area contributed by atoms with Crippen LogP contribution in [0.4, 0.5) is 0 Å². The smallest absolute Gasteiger partial charge is 0.114 e. The van der Waals surface area contributed by atoms with E-state index in [2.05, 4.69) is 19.1 Å². The van der Waals surface area contributed by atoms with Crippen LogP contribution in [0.1, 0.15) is 64.7 Å². The molecule has 5 heteroatoms. The lowest BCUT2D eigenvalue weighted by Gasteiger charge is -2.20. The number of rotatable bonds is 14. The van der Waals surface area contributed by atoms with Crippen molar-refractivity contribution >= 4 is 0 Å². The van der Waals surface area contributed by atoms with E-state index in [1.54, 1.807) is 0 Å². The average molecular weight is 344 g/mol. The van der Waals surface area contributed by atoms with E-state index >= 15 is 0 Å². The Bertz CT molecular complexity index is 321. The van der Waals surface area contributed by atoms with Gasteiger partial charge in [0.05, 0.1) is 13.2 Å². The zero-order chi connectivity index (χ0) is 17.6. The van der Waals surface area contributed by atoms with Crippen LogP contribution in [0.2, 0.25) is 0 Å². The number of hydrogen-bond acceptors (Lipinski definition) is 5. The number of unbranched alkanes of at least 4 members (excludes halogenated alkanes) is 7. The third-order valence-electron chi connectivity index (χ3n) is 4.47. The first-order chi connectivity index (χ1) is 11.7. The number of ether oxygens (including phenoxy) is 2. The second-order valence-corrected chi connectivity index (χ2v) is 6.62. The molecule has 1 saturated heterocycles. The Morgan fingerprint density at radius 1 is 1.08 bits per heavy atom. The van der Waals surface area contributed by atoms with Crippen LogP contribution in [-0.4, -0.2) is 59.6 Å². The minimum atomic E-state index is -1.05. The Balaban J connectivity index is 1.94. The number of allylic oxidation sites excluding steroid dienone is 2. The van der Waals surface area contributed by atoms with Crippen molar-refractivity contribution in [3.8, 4) is 0 Å². The predicted octanol–water partition coefficient (Wildman–Crippen LogP) is 2.57. The molecule has 0 spiro atoms. The summed E-state index contributed by atoms with van der Waals surface area (Å²) >= 11 is 0. The topological polar surface area (TPSA) is 79.2 Å². The third kappa shape index (κ3) is 8.58. The summed E-state index contributed by atoms with van der Waals surface area (Å²) in [5.41, 5.74) is 0. The molecule has 0 aromatic heterocycles. The number of aliphatic hydroxyl groups is 3. The summed E-state index contributed by atoms with van der Waals surface area (Å²) in [7, 11) is 0. The van der Waals surface area contributed by atoms with Crippen molar-refractivity contribution in [2.45, 2.75) is 89.1 Å². The van der Waals surface area contributed by atoms with Gasteiger partial charge >= 0.3 is 0 Å². The van der Waals surface area contributed by atoms with E-state index in [1.807, 2.05) is 0 Å². The molecule has 3 N–H and O–H groups in total. The molecule has 0 aliphatic carbocycles. The molecule has 1 aliphatic rings. The SMILES string of the molecule is CCCCCC/C=C/CCCCCO[C@@H]1CO[C@H]([C@@H](O)CO)[C@@H]1O. The summed E-state index contributed by atoms with van der Waals surface area (Å²) in [5.74, 6) is 0. The van der Waals surface area contributed by atoms with Crippen molar-refractivity contribution in [2.75, 3.05) is 19.8 Å². The molecule has 0 radical (unpaired) electrons. The van der Waals surface area contributed by atoms with Crippen molar-refractivity contribution in [1.82, 2.24) is 0 Å². The number of aliphatic hydroxyl groups excluding tert-OH is 3. The molecule has 0 bridgehead atoms. The van der Waals surface area contributed by atoms with Gasteiger partial charge in [0.1, 0.15) is 24.4 Å². The first-order valence-electron chi connectivity index (χ1n) is 9.55. The van der Waals surface area contributed by atoms with Crippen molar-refractivity contribution < 1.29 is 24.8 Å². The van der Waals surface area contributed by atoms with Crippen molar-refractivity contribution in [1.29, 1.82) is 0 Å². The molecule has 0 amide bonds. The maximum atomic E-state index is 10.00. The van der Waals surface area contributed by atoms with Gasteiger partial charge in [-0.2, -0.15) is 0 Å². The molecule has 0 aromatic rings. The fraction of sp³-hybridized carbons (Fsp3) is 0.895. The van der Waals surface area contributed by atoms with Crippen molar-refractivity contribution in [3.05, 3.63) is 12.2 Å². The predicted molar refractivity (Wildman–Crippen MR) is 94.9 cm³/mol. The van der Waals surface area contributed by atoms with Gasteiger partial charge in [0.2, 0.25) is 0 Å². The molecule has 5 nitrogen and oxygen atoms in total. The van der Waals surface area contributed by atoms with E-state index in [1.165, 1.54) is 32.1 Å². The first kappa shape index (κ1) is 21.6. The molecule has 1 rings (SSSR count). The van der Waals surface area contributed by atoms with Crippen LogP contribution < -0.4 is 0 Å². The molecule has 1 heterocycles. The molecule has 4 atom stereocenters. The molecule has 1 aliphatic heterocycles. The van der Waals surface area contributed by atoms with Gasteiger partial charge in [-0.15, -0.1) is 0 Å². The van der Waals surface area contributed by atoms with E-state index < -0.39 is 31.0 Å². The zero-order valence-corrected chi connectivity index (χ0v) is 15.1. The number of hydrogen-bond donors (Lipinski definition) is 3. The molecular formula is C19H36O5. The summed E-state index contributed by atoms with van der Waals surface area (Å²) in [4.78, 5) is 0. The van der Waals surface area contributed by atoms with Gasteiger partial charge in [-0.3, -0.25) is 0 Å². The highest BCUT2D eigenvalue weighted by Gasteiger charge is 2.40. The van der Waals surface area contributed by atoms with Gasteiger partial charge in [0, 0.05) is 6.61 Å². The molecule has 24 heavy (non-hydrogen) atoms. The Labute approximate surface area is 146 Å². The molecule has 0 aromatic carbocycles. The van der Waals surface area contributed by atoms with Crippen molar-refractivity contribution in [3.63, 3.8) is 0 Å². The summed E-state index contributed by atoms with van der Waals surface area (Å²) in [5, 5.41) is 28.4. The van der Waals surface area contributed by atoms with Crippen LogP contribution in [0.15, 0.2) is 12.2 Å². The average Bonchev–Trinajstić information content (AvgIpc) is 2.96. The van der Waals surface area contributed by atoms with Crippen LogP contribution in [0.3, 0.4) is 0 Å².